The molecule has 0 saturated carbocycles. The summed E-state index contributed by atoms with van der Waals surface area (Å²) in [5, 5.41) is 21.4. The number of nitro benzene ring substituents is 1. The molecule has 0 unspecified atom stereocenters. The van der Waals surface area contributed by atoms with Crippen LogP contribution < -0.4 is 5.32 Å². The maximum atomic E-state index is 12.8. The second-order valence-corrected chi connectivity index (χ2v) is 5.81. The van der Waals surface area contributed by atoms with Crippen molar-refractivity contribution in [2.45, 2.75) is 6.92 Å². The number of non-ortho nitro benzene ring substituents is 1. The molecule has 1 heterocycles. The molecule has 0 bridgehead atoms. The van der Waals surface area contributed by atoms with Gasteiger partial charge in [0.1, 0.15) is 0 Å². The number of rotatable bonds is 4. The van der Waals surface area contributed by atoms with E-state index in [0.29, 0.717) is 22.5 Å². The Kier molecular flexibility index (Phi) is 4.90. The molecule has 1 amide bonds. The van der Waals surface area contributed by atoms with E-state index in [4.69, 9.17) is 11.6 Å². The Morgan fingerprint density at radius 3 is 2.35 bits per heavy atom. The molecule has 26 heavy (non-hydrogen) atoms. The van der Waals surface area contributed by atoms with E-state index in [1.54, 1.807) is 43.3 Å². The summed E-state index contributed by atoms with van der Waals surface area (Å²) >= 11 is 6.15. The number of nitrogens with zero attached hydrogens (tertiary/aromatic N) is 3. The lowest BCUT2D eigenvalue weighted by atomic mass is 9.99. The minimum atomic E-state index is -0.489. The van der Waals surface area contributed by atoms with Gasteiger partial charge in [0.2, 0.25) is 0 Å². The maximum absolute atomic E-state index is 12.8. The van der Waals surface area contributed by atoms with E-state index >= 15 is 0 Å². The maximum Gasteiger partial charge on any atom is 0.269 e. The van der Waals surface area contributed by atoms with Crippen molar-refractivity contribution in [2.75, 3.05) is 5.32 Å². The largest absolute Gasteiger partial charge is 0.322 e. The minimum Gasteiger partial charge on any atom is -0.322 e. The zero-order valence-electron chi connectivity index (χ0n) is 13.6. The number of aromatic nitrogens is 2. The van der Waals surface area contributed by atoms with Crippen LogP contribution in [-0.4, -0.2) is 21.0 Å². The molecule has 8 heteroatoms. The minimum absolute atomic E-state index is 0.0441. The van der Waals surface area contributed by atoms with Crippen LogP contribution in [0.15, 0.2) is 54.6 Å². The molecule has 0 atom stereocenters. The van der Waals surface area contributed by atoms with Gasteiger partial charge in [-0.05, 0) is 36.8 Å². The third kappa shape index (κ3) is 3.52. The summed E-state index contributed by atoms with van der Waals surface area (Å²) in [7, 11) is 0. The zero-order chi connectivity index (χ0) is 18.7. The van der Waals surface area contributed by atoms with Crippen LogP contribution in [0.3, 0.4) is 0 Å². The van der Waals surface area contributed by atoms with Crippen LogP contribution >= 0.6 is 11.6 Å². The zero-order valence-corrected chi connectivity index (χ0v) is 14.4. The first-order valence-electron chi connectivity index (χ1n) is 7.61. The van der Waals surface area contributed by atoms with Crippen LogP contribution in [0.2, 0.25) is 5.15 Å². The number of nitrogens with one attached hydrogen (secondary N) is 1. The molecule has 0 fully saturated rings. The van der Waals surface area contributed by atoms with Crippen LogP contribution in [0, 0.1) is 17.0 Å². The smallest absolute Gasteiger partial charge is 0.269 e. The van der Waals surface area contributed by atoms with Crippen molar-refractivity contribution >= 4 is 28.9 Å². The van der Waals surface area contributed by atoms with E-state index in [9.17, 15) is 14.9 Å². The van der Waals surface area contributed by atoms with Crippen molar-refractivity contribution in [1.82, 2.24) is 10.2 Å². The molecule has 0 saturated heterocycles. The fourth-order valence-electron chi connectivity index (χ4n) is 2.53. The number of halogens is 1. The Hall–Kier alpha value is -3.32. The number of carbonyl (C=O) groups is 1. The van der Waals surface area contributed by atoms with E-state index in [1.807, 2.05) is 6.07 Å². The molecule has 1 aromatic heterocycles. The molecular formula is C18H13ClN4O3. The number of para-hydroxylation sites is 1. The van der Waals surface area contributed by atoms with E-state index in [0.717, 1.165) is 0 Å². The molecule has 1 N–H and O–H groups in total. The highest BCUT2D eigenvalue weighted by atomic mass is 35.5. The quantitative estimate of drug-likeness (QED) is 0.547. The van der Waals surface area contributed by atoms with Gasteiger partial charge in [-0.15, -0.1) is 5.10 Å². The van der Waals surface area contributed by atoms with Gasteiger partial charge in [-0.3, -0.25) is 14.9 Å². The highest BCUT2D eigenvalue weighted by molar-refractivity contribution is 6.34. The van der Waals surface area contributed by atoms with Gasteiger partial charge in [-0.25, -0.2) is 0 Å². The standard InChI is InChI=1S/C18H13ClN4O3/c1-11-15(12-7-9-14(10-8-12)23(25)26)16(17(19)22-21-11)18(24)20-13-5-3-2-4-6-13/h2-10H,1H3,(H,20,24). The number of benzene rings is 2. The van der Waals surface area contributed by atoms with E-state index in [1.165, 1.54) is 12.1 Å². The summed E-state index contributed by atoms with van der Waals surface area (Å²) < 4.78 is 0. The summed E-state index contributed by atoms with van der Waals surface area (Å²) in [5.41, 5.74) is 2.28. The molecule has 3 rings (SSSR count). The van der Waals surface area contributed by atoms with E-state index < -0.39 is 10.8 Å². The normalized spacial score (nSPS) is 10.4. The van der Waals surface area contributed by atoms with Crippen LogP contribution in [-0.2, 0) is 0 Å². The lowest BCUT2D eigenvalue weighted by Crippen LogP contribution is -2.16. The van der Waals surface area contributed by atoms with Crippen LogP contribution in [0.4, 0.5) is 11.4 Å². The van der Waals surface area contributed by atoms with Gasteiger partial charge in [0.25, 0.3) is 11.6 Å². The Morgan fingerprint density at radius 2 is 1.73 bits per heavy atom. The van der Waals surface area contributed by atoms with Crippen molar-refractivity contribution in [2.24, 2.45) is 0 Å². The fourth-order valence-corrected chi connectivity index (χ4v) is 2.75. The monoisotopic (exact) mass is 368 g/mol. The summed E-state index contributed by atoms with van der Waals surface area (Å²) in [6.07, 6.45) is 0. The molecule has 7 nitrogen and oxygen atoms in total. The first-order valence-corrected chi connectivity index (χ1v) is 7.99. The molecule has 0 radical (unpaired) electrons. The molecule has 2 aromatic carbocycles. The lowest BCUT2D eigenvalue weighted by Gasteiger charge is -2.13. The molecule has 0 aliphatic heterocycles. The highest BCUT2D eigenvalue weighted by Gasteiger charge is 2.22. The Morgan fingerprint density at radius 1 is 1.08 bits per heavy atom. The number of nitro groups is 1. The summed E-state index contributed by atoms with van der Waals surface area (Å²) in [6, 6.07) is 14.8. The van der Waals surface area contributed by atoms with Gasteiger partial charge in [-0.1, -0.05) is 29.8 Å². The number of carbonyl (C=O) groups excluding carboxylic acids is 1. The van der Waals surface area contributed by atoms with Crippen LogP contribution in [0.25, 0.3) is 11.1 Å². The summed E-state index contributed by atoms with van der Waals surface area (Å²) in [6.45, 7) is 1.69. The Balaban J connectivity index is 2.06. The average Bonchev–Trinajstić information content (AvgIpc) is 2.64. The number of anilines is 1. The first-order chi connectivity index (χ1) is 12.5. The van der Waals surface area contributed by atoms with Crippen molar-refractivity contribution in [3.63, 3.8) is 0 Å². The lowest BCUT2D eigenvalue weighted by molar-refractivity contribution is -0.384. The van der Waals surface area contributed by atoms with E-state index in [2.05, 4.69) is 15.5 Å². The third-order valence-electron chi connectivity index (χ3n) is 3.73. The van der Waals surface area contributed by atoms with Gasteiger partial charge in [0.05, 0.1) is 16.2 Å². The molecule has 0 aliphatic rings. The predicted molar refractivity (Wildman–Crippen MR) is 98.3 cm³/mol. The second kappa shape index (κ2) is 7.28. The Bertz CT molecular complexity index is 976. The fraction of sp³-hybridized carbons (Fsp3) is 0.0556. The van der Waals surface area contributed by atoms with Crippen LogP contribution in [0.5, 0.6) is 0 Å². The number of hydrogen-bond acceptors (Lipinski definition) is 5. The van der Waals surface area contributed by atoms with Gasteiger partial charge in [0.15, 0.2) is 5.15 Å². The van der Waals surface area contributed by atoms with Gasteiger partial charge >= 0.3 is 0 Å². The van der Waals surface area contributed by atoms with E-state index in [-0.39, 0.29) is 16.4 Å². The average molecular weight is 369 g/mol. The van der Waals surface area contributed by atoms with Crippen molar-refractivity contribution < 1.29 is 9.72 Å². The molecular weight excluding hydrogens is 356 g/mol. The number of hydrogen-bond donors (Lipinski definition) is 1. The summed E-state index contributed by atoms with van der Waals surface area (Å²) in [5.74, 6) is -0.437. The van der Waals surface area contributed by atoms with Crippen molar-refractivity contribution in [1.29, 1.82) is 0 Å². The predicted octanol–water partition coefficient (Wildman–Crippen LogP) is 4.27. The van der Waals surface area contributed by atoms with Gasteiger partial charge < -0.3 is 5.32 Å². The third-order valence-corrected chi connectivity index (χ3v) is 4.00. The SMILES string of the molecule is Cc1nnc(Cl)c(C(=O)Nc2ccccc2)c1-c1ccc([N+](=O)[O-])cc1. The molecule has 0 spiro atoms. The van der Waals surface area contributed by atoms with Crippen molar-refractivity contribution in [3.05, 3.63) is 81.1 Å². The molecule has 3 aromatic rings. The number of amides is 1. The topological polar surface area (TPSA) is 98.0 Å². The second-order valence-electron chi connectivity index (χ2n) is 5.45. The van der Waals surface area contributed by atoms with Crippen LogP contribution in [0.1, 0.15) is 16.1 Å². The summed E-state index contributed by atoms with van der Waals surface area (Å²) in [4.78, 5) is 23.1. The Labute approximate surface area is 153 Å². The van der Waals surface area contributed by atoms with Gasteiger partial charge in [0, 0.05) is 23.4 Å². The molecule has 130 valence electrons. The number of aryl methyl sites for hydroxylation is 1. The first kappa shape index (κ1) is 17.5. The van der Waals surface area contributed by atoms with Gasteiger partial charge in [-0.2, -0.15) is 5.10 Å². The highest BCUT2D eigenvalue weighted by Crippen LogP contribution is 2.31. The molecule has 0 aliphatic carbocycles. The van der Waals surface area contributed by atoms with Crippen molar-refractivity contribution in [3.8, 4) is 11.1 Å².